The number of carbonyl (C=O) groups excluding carboxylic acids is 2. The molecule has 0 bridgehead atoms. The van der Waals surface area contributed by atoms with Gasteiger partial charge in [0.2, 0.25) is 5.91 Å². The molecule has 1 saturated heterocycles. The Kier molecular flexibility index (Phi) is 5.76. The van der Waals surface area contributed by atoms with Gasteiger partial charge in [-0.15, -0.1) is 11.3 Å². The fourth-order valence-electron chi connectivity index (χ4n) is 3.49. The molecule has 1 aliphatic rings. The summed E-state index contributed by atoms with van der Waals surface area (Å²) in [6, 6.07) is 0. The van der Waals surface area contributed by atoms with Crippen molar-refractivity contribution in [1.82, 2.24) is 24.7 Å². The average molecular weight is 390 g/mol. The molecule has 0 N–H and O–H groups in total. The number of hydrogen-bond acceptors (Lipinski definition) is 6. The summed E-state index contributed by atoms with van der Waals surface area (Å²) in [6.45, 7) is 9.13. The maximum atomic E-state index is 13.2. The van der Waals surface area contributed by atoms with E-state index in [0.29, 0.717) is 26.2 Å². The van der Waals surface area contributed by atoms with Gasteiger partial charge < -0.3 is 9.80 Å². The van der Waals surface area contributed by atoms with E-state index in [1.165, 1.54) is 11.3 Å². The van der Waals surface area contributed by atoms with Crippen molar-refractivity contribution >= 4 is 33.4 Å². The van der Waals surface area contributed by atoms with Gasteiger partial charge in [0.1, 0.15) is 10.7 Å². The zero-order valence-electron chi connectivity index (χ0n) is 16.7. The van der Waals surface area contributed by atoms with Crippen molar-refractivity contribution in [2.45, 2.75) is 27.2 Å². The summed E-state index contributed by atoms with van der Waals surface area (Å²) in [5, 5.41) is 1.00. The lowest BCUT2D eigenvalue weighted by Gasteiger charge is -2.22. The molecule has 0 unspecified atom stereocenters. The molecule has 27 heavy (non-hydrogen) atoms. The summed E-state index contributed by atoms with van der Waals surface area (Å²) in [7, 11) is 3.54. The number of amides is 2. The van der Waals surface area contributed by atoms with E-state index in [2.05, 4.69) is 14.9 Å². The molecule has 3 rings (SSSR count). The smallest absolute Gasteiger partial charge is 0.264 e. The largest absolute Gasteiger partial charge is 0.348 e. The summed E-state index contributed by atoms with van der Waals surface area (Å²) < 4.78 is 0. The number of fused-ring (bicyclic) bond motifs is 1. The van der Waals surface area contributed by atoms with Crippen LogP contribution in [0.5, 0.6) is 0 Å². The topological polar surface area (TPSA) is 69.6 Å². The van der Waals surface area contributed by atoms with Gasteiger partial charge in [-0.25, -0.2) is 9.97 Å². The van der Waals surface area contributed by atoms with E-state index < -0.39 is 0 Å². The number of nitrogens with zero attached hydrogens (tertiary/aromatic N) is 5. The third-order valence-corrected chi connectivity index (χ3v) is 6.18. The number of aromatic nitrogens is 2. The van der Waals surface area contributed by atoms with Crippen LogP contribution >= 0.6 is 11.3 Å². The van der Waals surface area contributed by atoms with Gasteiger partial charge >= 0.3 is 0 Å². The second-order valence-electron chi connectivity index (χ2n) is 7.30. The van der Waals surface area contributed by atoms with Crippen molar-refractivity contribution in [2.24, 2.45) is 0 Å². The molecule has 8 heteroatoms. The molecular weight excluding hydrogens is 362 g/mol. The molecule has 2 amide bonds. The maximum Gasteiger partial charge on any atom is 0.264 e. The highest BCUT2D eigenvalue weighted by molar-refractivity contribution is 7.20. The molecule has 0 saturated carbocycles. The molecule has 1 fully saturated rings. The Balaban J connectivity index is 1.77. The minimum atomic E-state index is 0.0633. The Morgan fingerprint density at radius 3 is 2.52 bits per heavy atom. The Hall–Kier alpha value is -2.06. The number of thiophene rings is 1. The van der Waals surface area contributed by atoms with Crippen LogP contribution in [0.2, 0.25) is 0 Å². The lowest BCUT2D eigenvalue weighted by atomic mass is 10.1. The van der Waals surface area contributed by atoms with Crippen LogP contribution in [-0.2, 0) is 4.79 Å². The summed E-state index contributed by atoms with van der Waals surface area (Å²) in [6.07, 6.45) is 0.869. The van der Waals surface area contributed by atoms with Crippen molar-refractivity contribution < 1.29 is 9.59 Å². The molecule has 2 aromatic heterocycles. The molecule has 1 aliphatic heterocycles. The number of likely N-dealkylation sites (N-methyl/N-ethyl adjacent to an activating group) is 1. The van der Waals surface area contributed by atoms with Crippen LogP contribution in [0.3, 0.4) is 0 Å². The van der Waals surface area contributed by atoms with Gasteiger partial charge in [-0.05, 0) is 32.8 Å². The van der Waals surface area contributed by atoms with Crippen molar-refractivity contribution in [3.63, 3.8) is 0 Å². The van der Waals surface area contributed by atoms with Gasteiger partial charge in [-0.2, -0.15) is 0 Å². The SMILES string of the molecule is Cc1nc(C)c2c(C)c(C(=O)N3CCCN(CC(=O)N(C)C)CC3)sc2n1. The van der Waals surface area contributed by atoms with Gasteiger partial charge in [-0.1, -0.05) is 0 Å². The molecular formula is C19H27N5O2S. The second kappa shape index (κ2) is 7.90. The predicted octanol–water partition coefficient (Wildman–Crippen LogP) is 1.85. The molecule has 0 aromatic carbocycles. The minimum absolute atomic E-state index is 0.0633. The van der Waals surface area contributed by atoms with Crippen molar-refractivity contribution in [1.29, 1.82) is 0 Å². The van der Waals surface area contributed by atoms with Gasteiger partial charge in [0.25, 0.3) is 5.91 Å². The van der Waals surface area contributed by atoms with Gasteiger partial charge in [0.15, 0.2) is 0 Å². The first-order chi connectivity index (χ1) is 12.8. The van der Waals surface area contributed by atoms with E-state index in [9.17, 15) is 9.59 Å². The first-order valence-corrected chi connectivity index (χ1v) is 10.1. The third kappa shape index (κ3) is 4.11. The van der Waals surface area contributed by atoms with E-state index in [0.717, 1.165) is 45.1 Å². The number of hydrogen-bond donors (Lipinski definition) is 0. The van der Waals surface area contributed by atoms with E-state index >= 15 is 0 Å². The molecule has 0 atom stereocenters. The van der Waals surface area contributed by atoms with Gasteiger partial charge in [0.05, 0.1) is 11.4 Å². The summed E-state index contributed by atoms with van der Waals surface area (Å²) in [5.74, 6) is 0.893. The molecule has 146 valence electrons. The van der Waals surface area contributed by atoms with Gasteiger partial charge in [-0.3, -0.25) is 14.5 Å². The number of aryl methyl sites for hydroxylation is 3. The van der Waals surface area contributed by atoms with Crippen molar-refractivity contribution in [2.75, 3.05) is 46.8 Å². The van der Waals surface area contributed by atoms with E-state index in [1.54, 1.807) is 19.0 Å². The van der Waals surface area contributed by atoms with Crippen LogP contribution in [0.15, 0.2) is 0 Å². The minimum Gasteiger partial charge on any atom is -0.348 e. The van der Waals surface area contributed by atoms with Crippen LogP contribution in [0.1, 0.15) is 33.2 Å². The molecule has 0 radical (unpaired) electrons. The second-order valence-corrected chi connectivity index (χ2v) is 8.30. The van der Waals surface area contributed by atoms with Crippen LogP contribution in [0, 0.1) is 20.8 Å². The van der Waals surface area contributed by atoms with Crippen LogP contribution in [0.4, 0.5) is 0 Å². The van der Waals surface area contributed by atoms with Gasteiger partial charge in [0, 0.05) is 51.4 Å². The Bertz CT molecular complexity index is 877. The van der Waals surface area contributed by atoms with Crippen LogP contribution < -0.4 is 0 Å². The number of rotatable bonds is 3. The molecule has 0 spiro atoms. The first kappa shape index (κ1) is 19.7. The molecule has 7 nitrogen and oxygen atoms in total. The maximum absolute atomic E-state index is 13.2. The van der Waals surface area contributed by atoms with Crippen LogP contribution in [-0.4, -0.2) is 83.3 Å². The fourth-order valence-corrected chi connectivity index (χ4v) is 4.73. The van der Waals surface area contributed by atoms with E-state index in [4.69, 9.17) is 0 Å². The lowest BCUT2D eigenvalue weighted by Crippen LogP contribution is -2.39. The zero-order valence-corrected chi connectivity index (χ0v) is 17.5. The van der Waals surface area contributed by atoms with Crippen LogP contribution in [0.25, 0.3) is 10.2 Å². The average Bonchev–Trinajstić information content (AvgIpc) is 2.78. The third-order valence-electron chi connectivity index (χ3n) is 5.01. The molecule has 0 aliphatic carbocycles. The van der Waals surface area contributed by atoms with Crippen molar-refractivity contribution in [3.05, 3.63) is 22.0 Å². The standard InChI is InChI=1S/C19H27N5O2S/c1-12-16-13(2)20-14(3)21-18(16)27-17(12)19(26)24-8-6-7-23(9-10-24)11-15(25)22(4)5/h6-11H2,1-5H3. The Morgan fingerprint density at radius 2 is 1.81 bits per heavy atom. The molecule has 2 aromatic rings. The fraction of sp³-hybridized carbons (Fsp3) is 0.579. The normalized spacial score (nSPS) is 15.8. The Morgan fingerprint density at radius 1 is 1.07 bits per heavy atom. The zero-order chi connectivity index (χ0) is 19.7. The highest BCUT2D eigenvalue weighted by Crippen LogP contribution is 2.32. The lowest BCUT2D eigenvalue weighted by molar-refractivity contribution is -0.129. The monoisotopic (exact) mass is 389 g/mol. The first-order valence-electron chi connectivity index (χ1n) is 9.24. The molecule has 3 heterocycles. The van der Waals surface area contributed by atoms with Crippen molar-refractivity contribution in [3.8, 4) is 0 Å². The summed E-state index contributed by atoms with van der Waals surface area (Å²) >= 11 is 1.46. The Labute approximate surface area is 164 Å². The summed E-state index contributed by atoms with van der Waals surface area (Å²) in [5.41, 5.74) is 1.90. The highest BCUT2D eigenvalue weighted by Gasteiger charge is 2.25. The quantitative estimate of drug-likeness (QED) is 0.801. The number of carbonyl (C=O) groups is 2. The van der Waals surface area contributed by atoms with E-state index in [1.807, 2.05) is 25.7 Å². The summed E-state index contributed by atoms with van der Waals surface area (Å²) in [4.78, 5) is 41.4. The van der Waals surface area contributed by atoms with E-state index in [-0.39, 0.29) is 11.8 Å². The highest BCUT2D eigenvalue weighted by atomic mass is 32.1. The predicted molar refractivity (Wildman–Crippen MR) is 107 cm³/mol.